The van der Waals surface area contributed by atoms with Crippen LogP contribution in [0, 0.1) is 6.92 Å². The van der Waals surface area contributed by atoms with Crippen molar-refractivity contribution in [2.24, 2.45) is 0 Å². The van der Waals surface area contributed by atoms with Gasteiger partial charge in [0, 0.05) is 20.2 Å². The molecule has 5 heteroatoms. The molecule has 3 N–H and O–H groups in total. The van der Waals surface area contributed by atoms with Gasteiger partial charge in [0.1, 0.15) is 4.88 Å². The summed E-state index contributed by atoms with van der Waals surface area (Å²) in [5, 5.41) is 3.82. The molecule has 0 aliphatic rings. The van der Waals surface area contributed by atoms with Crippen molar-refractivity contribution in [1.82, 2.24) is 0 Å². The number of thiophene rings is 1. The lowest BCUT2D eigenvalue weighted by Gasteiger charge is -2.04. The third kappa shape index (κ3) is 2.80. The molecule has 106 valence electrons. The molecule has 0 radical (unpaired) electrons. The van der Waals surface area contributed by atoms with E-state index in [9.17, 15) is 4.79 Å². The maximum Gasteiger partial charge on any atom is 0.267 e. The summed E-state index contributed by atoms with van der Waals surface area (Å²) >= 11 is 4.80. The Bertz CT molecular complexity index is 841. The summed E-state index contributed by atoms with van der Waals surface area (Å²) in [6.07, 6.45) is 0. The maximum atomic E-state index is 12.4. The second-order valence-electron chi connectivity index (χ2n) is 4.81. The molecule has 0 unspecified atom stereocenters. The number of carbonyl (C=O) groups excluding carboxylic acids is 1. The first-order chi connectivity index (χ1) is 10.0. The molecule has 1 aromatic heterocycles. The topological polar surface area (TPSA) is 55.1 Å². The van der Waals surface area contributed by atoms with Gasteiger partial charge in [-0.3, -0.25) is 4.79 Å². The second-order valence-corrected chi connectivity index (χ2v) is 6.78. The van der Waals surface area contributed by atoms with Crippen molar-refractivity contribution < 1.29 is 4.79 Å². The number of benzene rings is 2. The molecule has 1 amide bonds. The lowest BCUT2D eigenvalue weighted by atomic mass is 10.1. The minimum Gasteiger partial charge on any atom is -0.397 e. The molecule has 3 rings (SSSR count). The van der Waals surface area contributed by atoms with Crippen molar-refractivity contribution in [2.75, 3.05) is 11.1 Å². The summed E-state index contributed by atoms with van der Waals surface area (Å²) in [6, 6.07) is 13.5. The van der Waals surface area contributed by atoms with Crippen molar-refractivity contribution in [3.63, 3.8) is 0 Å². The number of amides is 1. The Morgan fingerprint density at radius 2 is 2.05 bits per heavy atom. The van der Waals surface area contributed by atoms with Crippen molar-refractivity contribution >= 4 is 54.6 Å². The van der Waals surface area contributed by atoms with Crippen molar-refractivity contribution in [3.05, 3.63) is 57.4 Å². The average Bonchev–Trinajstić information content (AvgIpc) is 2.76. The number of hydrogen-bond acceptors (Lipinski definition) is 3. The van der Waals surface area contributed by atoms with Gasteiger partial charge < -0.3 is 11.1 Å². The molecule has 0 saturated carbocycles. The Morgan fingerprint density at radius 1 is 1.24 bits per heavy atom. The van der Waals surface area contributed by atoms with Crippen LogP contribution in [0.2, 0.25) is 0 Å². The molecule has 1 heterocycles. The molecule has 0 atom stereocenters. The quantitative estimate of drug-likeness (QED) is 0.688. The number of nitrogens with one attached hydrogen (secondary N) is 1. The minimum atomic E-state index is -0.176. The largest absolute Gasteiger partial charge is 0.397 e. The van der Waals surface area contributed by atoms with Crippen LogP contribution in [0.1, 0.15) is 15.2 Å². The minimum absolute atomic E-state index is 0.176. The summed E-state index contributed by atoms with van der Waals surface area (Å²) in [5.41, 5.74) is 8.55. The van der Waals surface area contributed by atoms with Gasteiger partial charge in [-0.15, -0.1) is 11.3 Å². The Balaban J connectivity index is 1.96. The fourth-order valence-electron chi connectivity index (χ4n) is 2.15. The fourth-order valence-corrected chi connectivity index (χ4v) is 3.55. The Morgan fingerprint density at radius 3 is 2.81 bits per heavy atom. The van der Waals surface area contributed by atoms with Gasteiger partial charge in [0.2, 0.25) is 0 Å². The molecule has 21 heavy (non-hydrogen) atoms. The summed E-state index contributed by atoms with van der Waals surface area (Å²) in [7, 11) is 0. The first-order valence-corrected chi connectivity index (χ1v) is 8.01. The van der Waals surface area contributed by atoms with E-state index in [4.69, 9.17) is 5.73 Å². The lowest BCUT2D eigenvalue weighted by molar-refractivity contribution is 0.103. The van der Waals surface area contributed by atoms with Crippen LogP contribution < -0.4 is 11.1 Å². The predicted octanol–water partition coefficient (Wildman–Crippen LogP) is 4.81. The van der Waals surface area contributed by atoms with E-state index in [0.717, 1.165) is 25.8 Å². The van der Waals surface area contributed by atoms with Crippen LogP contribution in [0.3, 0.4) is 0 Å². The van der Waals surface area contributed by atoms with Crippen LogP contribution in [0.25, 0.3) is 10.1 Å². The number of nitrogens with two attached hydrogens (primary N) is 1. The van der Waals surface area contributed by atoms with Crippen LogP contribution in [0.15, 0.2) is 46.9 Å². The number of rotatable bonds is 2. The summed E-state index contributed by atoms with van der Waals surface area (Å²) < 4.78 is 1.94. The van der Waals surface area contributed by atoms with Crippen molar-refractivity contribution in [3.8, 4) is 0 Å². The van der Waals surface area contributed by atoms with E-state index in [1.54, 1.807) is 0 Å². The van der Waals surface area contributed by atoms with E-state index in [1.165, 1.54) is 11.3 Å². The Labute approximate surface area is 134 Å². The van der Waals surface area contributed by atoms with Gasteiger partial charge in [-0.1, -0.05) is 33.6 Å². The van der Waals surface area contributed by atoms with E-state index in [1.807, 2.05) is 49.4 Å². The predicted molar refractivity (Wildman–Crippen MR) is 93.1 cm³/mol. The summed E-state index contributed by atoms with van der Waals surface area (Å²) in [4.78, 5) is 13.0. The molecule has 0 bridgehead atoms. The SMILES string of the molecule is Cc1ccc2sc(C(=O)Nc3cccc(Br)c3)c(N)c2c1. The third-order valence-electron chi connectivity index (χ3n) is 3.17. The molecule has 3 aromatic rings. The van der Waals surface area contributed by atoms with Crippen molar-refractivity contribution in [2.45, 2.75) is 6.92 Å². The zero-order valence-corrected chi connectivity index (χ0v) is 13.7. The third-order valence-corrected chi connectivity index (χ3v) is 4.85. The van der Waals surface area contributed by atoms with E-state index in [0.29, 0.717) is 10.6 Å². The molecular weight excluding hydrogens is 348 g/mol. The monoisotopic (exact) mass is 360 g/mol. The molecule has 3 nitrogen and oxygen atoms in total. The number of halogens is 1. The average molecular weight is 361 g/mol. The highest BCUT2D eigenvalue weighted by Crippen LogP contribution is 2.34. The highest BCUT2D eigenvalue weighted by Gasteiger charge is 2.16. The molecule has 0 fully saturated rings. The molecule has 0 spiro atoms. The van der Waals surface area contributed by atoms with Gasteiger partial charge in [-0.05, 0) is 37.3 Å². The number of carbonyl (C=O) groups is 1. The second kappa shape index (κ2) is 5.50. The van der Waals surface area contributed by atoms with E-state index < -0.39 is 0 Å². The van der Waals surface area contributed by atoms with Gasteiger partial charge in [0.05, 0.1) is 5.69 Å². The van der Waals surface area contributed by atoms with Gasteiger partial charge in [0.15, 0.2) is 0 Å². The van der Waals surface area contributed by atoms with E-state index in [2.05, 4.69) is 21.2 Å². The van der Waals surface area contributed by atoms with Crippen LogP contribution in [-0.2, 0) is 0 Å². The molecule has 0 aliphatic heterocycles. The smallest absolute Gasteiger partial charge is 0.267 e. The van der Waals surface area contributed by atoms with Gasteiger partial charge in [-0.25, -0.2) is 0 Å². The highest BCUT2D eigenvalue weighted by molar-refractivity contribution is 9.10. The van der Waals surface area contributed by atoms with Crippen LogP contribution in [0.4, 0.5) is 11.4 Å². The number of hydrogen-bond donors (Lipinski definition) is 2. The fraction of sp³-hybridized carbons (Fsp3) is 0.0625. The summed E-state index contributed by atoms with van der Waals surface area (Å²) in [6.45, 7) is 2.01. The zero-order chi connectivity index (χ0) is 15.0. The van der Waals surface area contributed by atoms with Crippen molar-refractivity contribution in [1.29, 1.82) is 0 Å². The molecular formula is C16H13BrN2OS. The van der Waals surface area contributed by atoms with Crippen LogP contribution in [0.5, 0.6) is 0 Å². The maximum absolute atomic E-state index is 12.4. The van der Waals surface area contributed by atoms with Gasteiger partial charge in [0.25, 0.3) is 5.91 Å². The molecule has 0 saturated heterocycles. The first kappa shape index (κ1) is 14.1. The molecule has 2 aromatic carbocycles. The molecule has 0 aliphatic carbocycles. The highest BCUT2D eigenvalue weighted by atomic mass is 79.9. The first-order valence-electron chi connectivity index (χ1n) is 6.40. The number of fused-ring (bicyclic) bond motifs is 1. The standard InChI is InChI=1S/C16H13BrN2OS/c1-9-5-6-13-12(7-9)14(18)15(21-13)16(20)19-11-4-2-3-10(17)8-11/h2-8H,18H2,1H3,(H,19,20). The van der Waals surface area contributed by atoms with E-state index >= 15 is 0 Å². The van der Waals surface area contributed by atoms with Gasteiger partial charge >= 0.3 is 0 Å². The summed E-state index contributed by atoms with van der Waals surface area (Å²) in [5.74, 6) is -0.176. The number of nitrogen functional groups attached to an aromatic ring is 1. The number of anilines is 2. The van der Waals surface area contributed by atoms with E-state index in [-0.39, 0.29) is 5.91 Å². The zero-order valence-electron chi connectivity index (χ0n) is 11.3. The number of aryl methyl sites for hydroxylation is 1. The van der Waals surface area contributed by atoms with Gasteiger partial charge in [-0.2, -0.15) is 0 Å². The van der Waals surface area contributed by atoms with Crippen LogP contribution >= 0.6 is 27.3 Å². The normalized spacial score (nSPS) is 10.8. The lowest BCUT2D eigenvalue weighted by Crippen LogP contribution is -2.11. The Hall–Kier alpha value is -1.85. The Kier molecular flexibility index (Phi) is 3.69. The van der Waals surface area contributed by atoms with Crippen LogP contribution in [-0.4, -0.2) is 5.91 Å².